The van der Waals surface area contributed by atoms with Crippen LogP contribution in [0.15, 0.2) is 237 Å². The van der Waals surface area contributed by atoms with Crippen molar-refractivity contribution in [2.24, 2.45) is 0 Å². The first kappa shape index (κ1) is 34.0. The van der Waals surface area contributed by atoms with E-state index < -0.39 is 0 Å². The summed E-state index contributed by atoms with van der Waals surface area (Å²) in [7, 11) is 0. The van der Waals surface area contributed by atoms with Gasteiger partial charge in [0.2, 0.25) is 0 Å². The molecular weight excluding hydrogens is 687 g/mol. The lowest BCUT2D eigenvalue weighted by molar-refractivity contribution is 1.28. The van der Waals surface area contributed by atoms with Gasteiger partial charge in [-0.2, -0.15) is 0 Å². The number of nitrogens with zero attached hydrogens (tertiary/aromatic N) is 1. The van der Waals surface area contributed by atoms with Crippen molar-refractivity contribution < 1.29 is 0 Å². The largest absolute Gasteiger partial charge is 0.310 e. The van der Waals surface area contributed by atoms with Crippen molar-refractivity contribution >= 4 is 38.6 Å². The van der Waals surface area contributed by atoms with Crippen LogP contribution < -0.4 is 4.90 Å². The molecule has 0 radical (unpaired) electrons. The molecule has 0 N–H and O–H groups in total. The molecule has 0 heterocycles. The van der Waals surface area contributed by atoms with E-state index in [0.717, 1.165) is 17.1 Å². The lowest BCUT2D eigenvalue weighted by Crippen LogP contribution is -2.10. The van der Waals surface area contributed by atoms with E-state index in [1.54, 1.807) is 0 Å². The van der Waals surface area contributed by atoms with Crippen LogP contribution in [-0.4, -0.2) is 0 Å². The molecule has 57 heavy (non-hydrogen) atoms. The molecule has 0 saturated heterocycles. The van der Waals surface area contributed by atoms with Gasteiger partial charge in [0.25, 0.3) is 0 Å². The summed E-state index contributed by atoms with van der Waals surface area (Å²) in [6, 6.07) is 85.5. The zero-order chi connectivity index (χ0) is 38.0. The number of anilines is 3. The molecule has 10 aromatic carbocycles. The van der Waals surface area contributed by atoms with Gasteiger partial charge >= 0.3 is 0 Å². The summed E-state index contributed by atoms with van der Waals surface area (Å²) in [5.41, 5.74) is 15.4. The fourth-order valence-electron chi connectivity index (χ4n) is 8.24. The fourth-order valence-corrected chi connectivity index (χ4v) is 8.24. The predicted octanol–water partition coefficient (Wildman–Crippen LogP) is 15.8. The van der Waals surface area contributed by atoms with E-state index in [1.165, 1.54) is 77.2 Å². The highest BCUT2D eigenvalue weighted by molar-refractivity contribution is 6.04. The third-order valence-electron chi connectivity index (χ3n) is 11.1. The van der Waals surface area contributed by atoms with Crippen molar-refractivity contribution in [2.75, 3.05) is 4.90 Å². The van der Waals surface area contributed by atoms with Crippen molar-refractivity contribution in [1.82, 2.24) is 0 Å². The van der Waals surface area contributed by atoms with Crippen LogP contribution in [0.5, 0.6) is 0 Å². The van der Waals surface area contributed by atoms with Crippen LogP contribution in [0.2, 0.25) is 0 Å². The SMILES string of the molecule is c1ccc(-c2cccc(N(c3ccc(-c4ccc(-c5cccc6ccccc56)cc4)cc3)c3ccc(-c4c(-c5ccccc5)ccc5ccccc45)cc3)c2)cc1. The van der Waals surface area contributed by atoms with E-state index in [0.29, 0.717) is 0 Å². The average Bonchev–Trinajstić information content (AvgIpc) is 3.30. The zero-order valence-corrected chi connectivity index (χ0v) is 31.5. The molecule has 0 spiro atoms. The number of rotatable bonds is 8. The maximum absolute atomic E-state index is 2.37. The van der Waals surface area contributed by atoms with Crippen molar-refractivity contribution in [3.05, 3.63) is 237 Å². The first-order valence-corrected chi connectivity index (χ1v) is 19.6. The number of benzene rings is 10. The summed E-state index contributed by atoms with van der Waals surface area (Å²) in [5, 5.41) is 5.02. The fraction of sp³-hybridized carbons (Fsp3) is 0. The molecule has 0 amide bonds. The van der Waals surface area contributed by atoms with Gasteiger partial charge in [0.1, 0.15) is 0 Å². The molecule has 1 heteroatoms. The average molecular weight is 726 g/mol. The Balaban J connectivity index is 1.04. The molecule has 0 bridgehead atoms. The van der Waals surface area contributed by atoms with Gasteiger partial charge < -0.3 is 4.90 Å². The topological polar surface area (TPSA) is 3.24 Å². The molecular formula is C56H39N. The van der Waals surface area contributed by atoms with Gasteiger partial charge in [-0.05, 0) is 114 Å². The van der Waals surface area contributed by atoms with Crippen LogP contribution in [0.25, 0.3) is 77.2 Å². The first-order valence-electron chi connectivity index (χ1n) is 19.6. The van der Waals surface area contributed by atoms with Gasteiger partial charge in [0.15, 0.2) is 0 Å². The number of hydrogen-bond donors (Lipinski definition) is 0. The summed E-state index contributed by atoms with van der Waals surface area (Å²) in [6.45, 7) is 0. The van der Waals surface area contributed by atoms with Gasteiger partial charge in [-0.15, -0.1) is 0 Å². The van der Waals surface area contributed by atoms with E-state index in [9.17, 15) is 0 Å². The zero-order valence-electron chi connectivity index (χ0n) is 31.5. The van der Waals surface area contributed by atoms with Crippen LogP contribution in [0.4, 0.5) is 17.1 Å². The number of hydrogen-bond acceptors (Lipinski definition) is 1. The van der Waals surface area contributed by atoms with Crippen LogP contribution in [0, 0.1) is 0 Å². The van der Waals surface area contributed by atoms with Gasteiger partial charge in [0.05, 0.1) is 0 Å². The Bertz CT molecular complexity index is 2960. The highest BCUT2D eigenvalue weighted by Gasteiger charge is 2.17. The van der Waals surface area contributed by atoms with E-state index in [2.05, 4.69) is 241 Å². The number of fused-ring (bicyclic) bond motifs is 2. The minimum absolute atomic E-state index is 1.10. The highest BCUT2D eigenvalue weighted by Crippen LogP contribution is 2.42. The van der Waals surface area contributed by atoms with Crippen molar-refractivity contribution in [3.63, 3.8) is 0 Å². The Morgan fingerprint density at radius 3 is 1.37 bits per heavy atom. The molecule has 268 valence electrons. The molecule has 10 aromatic rings. The van der Waals surface area contributed by atoms with Gasteiger partial charge in [0, 0.05) is 17.1 Å². The summed E-state index contributed by atoms with van der Waals surface area (Å²) in [5.74, 6) is 0. The Morgan fingerprint density at radius 2 is 0.684 bits per heavy atom. The van der Waals surface area contributed by atoms with Crippen LogP contribution in [0.3, 0.4) is 0 Å². The molecule has 0 atom stereocenters. The maximum atomic E-state index is 2.37. The molecule has 1 nitrogen and oxygen atoms in total. The van der Waals surface area contributed by atoms with Crippen molar-refractivity contribution in [1.29, 1.82) is 0 Å². The molecule has 0 aliphatic carbocycles. The van der Waals surface area contributed by atoms with E-state index in [1.807, 2.05) is 0 Å². The first-order chi connectivity index (χ1) is 28.3. The lowest BCUT2D eigenvalue weighted by atomic mass is 9.89. The summed E-state index contributed by atoms with van der Waals surface area (Å²) < 4.78 is 0. The van der Waals surface area contributed by atoms with Crippen molar-refractivity contribution in [3.8, 4) is 55.6 Å². The summed E-state index contributed by atoms with van der Waals surface area (Å²) in [4.78, 5) is 2.37. The van der Waals surface area contributed by atoms with Crippen LogP contribution in [0.1, 0.15) is 0 Å². The Morgan fingerprint density at radius 1 is 0.228 bits per heavy atom. The van der Waals surface area contributed by atoms with Crippen molar-refractivity contribution in [2.45, 2.75) is 0 Å². The normalized spacial score (nSPS) is 11.2. The molecule has 0 aliphatic rings. The summed E-state index contributed by atoms with van der Waals surface area (Å²) in [6.07, 6.45) is 0. The minimum atomic E-state index is 1.10. The van der Waals surface area contributed by atoms with Gasteiger partial charge in [-0.25, -0.2) is 0 Å². The quantitative estimate of drug-likeness (QED) is 0.151. The van der Waals surface area contributed by atoms with Crippen LogP contribution in [-0.2, 0) is 0 Å². The standard InChI is InChI=1S/C56H39N/c1-3-13-40(14-4-1)48-20-11-21-51(39-48)57(49-34-29-42(30-35-49)41-25-27-46(28-26-41)53-24-12-19-43-17-7-9-22-52(43)53)50-36-31-47(32-37-50)56-54-23-10-8-18-45(54)33-38-55(56)44-15-5-2-6-16-44/h1-39H. The van der Waals surface area contributed by atoms with E-state index in [4.69, 9.17) is 0 Å². The predicted molar refractivity (Wildman–Crippen MR) is 243 cm³/mol. The van der Waals surface area contributed by atoms with Crippen LogP contribution >= 0.6 is 0 Å². The van der Waals surface area contributed by atoms with E-state index in [-0.39, 0.29) is 0 Å². The summed E-state index contributed by atoms with van der Waals surface area (Å²) >= 11 is 0. The Hall–Kier alpha value is -7.48. The Labute approximate surface area is 334 Å². The second-order valence-electron chi connectivity index (χ2n) is 14.5. The lowest BCUT2D eigenvalue weighted by Gasteiger charge is -2.26. The highest BCUT2D eigenvalue weighted by atomic mass is 15.1. The molecule has 0 aromatic heterocycles. The smallest absolute Gasteiger partial charge is 0.0467 e. The van der Waals surface area contributed by atoms with Gasteiger partial charge in [-0.1, -0.05) is 200 Å². The third-order valence-corrected chi connectivity index (χ3v) is 11.1. The maximum Gasteiger partial charge on any atom is 0.0467 e. The third kappa shape index (κ3) is 6.66. The minimum Gasteiger partial charge on any atom is -0.310 e. The van der Waals surface area contributed by atoms with E-state index >= 15 is 0 Å². The molecule has 10 rings (SSSR count). The van der Waals surface area contributed by atoms with Gasteiger partial charge in [-0.3, -0.25) is 0 Å². The molecule has 0 aliphatic heterocycles. The molecule has 0 saturated carbocycles. The Kier molecular flexibility index (Phi) is 8.95. The second kappa shape index (κ2) is 15.0. The molecule has 0 fully saturated rings. The monoisotopic (exact) mass is 725 g/mol. The second-order valence-corrected chi connectivity index (χ2v) is 14.5. The molecule has 0 unspecified atom stereocenters.